The number of furan rings is 1. The molecule has 5 rings (SSSR count). The highest BCUT2D eigenvalue weighted by atomic mass is 35.5. The number of rotatable bonds is 4. The summed E-state index contributed by atoms with van der Waals surface area (Å²) >= 11 is 0. The number of hydrogen-bond donors (Lipinski definition) is 0. The van der Waals surface area contributed by atoms with Gasteiger partial charge in [-0.15, -0.1) is 12.4 Å². The first-order valence-electron chi connectivity index (χ1n) is 10.5. The van der Waals surface area contributed by atoms with Crippen molar-refractivity contribution in [2.45, 2.75) is 31.6 Å². The second-order valence-corrected chi connectivity index (χ2v) is 8.42. The highest BCUT2D eigenvalue weighted by molar-refractivity contribution is 6.07. The summed E-state index contributed by atoms with van der Waals surface area (Å²) in [7, 11) is 1.29. The molecule has 3 aromatic rings. The summed E-state index contributed by atoms with van der Waals surface area (Å²) in [5.74, 6) is 0.0844. The van der Waals surface area contributed by atoms with Crippen LogP contribution in [-0.4, -0.2) is 48.6 Å². The smallest absolute Gasteiger partial charge is 0.341 e. The van der Waals surface area contributed by atoms with Gasteiger partial charge in [0, 0.05) is 36.8 Å². The number of halogens is 2. The zero-order chi connectivity index (χ0) is 21.5. The second kappa shape index (κ2) is 9.03. The quantitative estimate of drug-likeness (QED) is 0.531. The van der Waals surface area contributed by atoms with Crippen LogP contribution in [0.4, 0.5) is 4.39 Å². The van der Waals surface area contributed by atoms with Crippen LogP contribution >= 0.6 is 12.4 Å². The largest absolute Gasteiger partial charge is 0.468 e. The zero-order valence-electron chi connectivity index (χ0n) is 17.6. The second-order valence-electron chi connectivity index (χ2n) is 8.42. The van der Waals surface area contributed by atoms with Crippen LogP contribution in [0.25, 0.3) is 11.0 Å². The van der Waals surface area contributed by atoms with Gasteiger partial charge in [0.25, 0.3) is 0 Å². The number of Topliss-reactive ketones (excluding diaryl/α,β-unsaturated/α-hetero) is 1. The molecule has 1 aliphatic heterocycles. The molecule has 2 aromatic heterocycles. The van der Waals surface area contributed by atoms with Gasteiger partial charge in [-0.05, 0) is 44.0 Å². The SMILES string of the molecule is COC(=O)c1coc2c1C(=O)CC(CN1CCC(c3noc4cc(F)ccc34)CC1)C2.Cl. The lowest BCUT2D eigenvalue weighted by molar-refractivity contribution is 0.0595. The normalized spacial score (nSPS) is 19.6. The van der Waals surface area contributed by atoms with E-state index in [1.165, 1.54) is 25.5 Å². The first-order chi connectivity index (χ1) is 15.0. The standard InChI is InChI=1S/C23H23FN2O5.ClH/c1-29-23(28)17-12-30-20-9-13(8-18(27)21(17)20)11-26-6-4-14(5-7-26)22-16-3-2-15(24)10-19(16)31-25-22;/h2-3,10,12-14H,4-9,11H2,1H3;1H. The van der Waals surface area contributed by atoms with Gasteiger partial charge < -0.3 is 18.6 Å². The third-order valence-electron chi connectivity index (χ3n) is 6.45. The Morgan fingerprint density at radius 1 is 1.28 bits per heavy atom. The van der Waals surface area contributed by atoms with Crippen LogP contribution in [0, 0.1) is 11.7 Å². The van der Waals surface area contributed by atoms with E-state index in [0.29, 0.717) is 29.7 Å². The van der Waals surface area contributed by atoms with Crippen molar-refractivity contribution in [1.29, 1.82) is 0 Å². The molecule has 1 fully saturated rings. The monoisotopic (exact) mass is 462 g/mol. The molecule has 7 nitrogen and oxygen atoms in total. The lowest BCUT2D eigenvalue weighted by atomic mass is 9.84. The third kappa shape index (κ3) is 4.04. The van der Waals surface area contributed by atoms with Gasteiger partial charge in [-0.25, -0.2) is 9.18 Å². The number of fused-ring (bicyclic) bond motifs is 2. The minimum absolute atomic E-state index is 0. The molecule has 0 bridgehead atoms. The van der Waals surface area contributed by atoms with E-state index in [0.717, 1.165) is 43.6 Å². The molecule has 0 saturated carbocycles. The average Bonchev–Trinajstić information content (AvgIpc) is 3.38. The summed E-state index contributed by atoms with van der Waals surface area (Å²) in [6.07, 6.45) is 4.22. The number of ether oxygens (including phenoxy) is 1. The van der Waals surface area contributed by atoms with Crippen molar-refractivity contribution in [2.24, 2.45) is 5.92 Å². The molecule has 1 unspecified atom stereocenters. The van der Waals surface area contributed by atoms with Crippen molar-refractivity contribution in [3.05, 3.63) is 52.9 Å². The summed E-state index contributed by atoms with van der Waals surface area (Å²) in [4.78, 5) is 26.9. The van der Waals surface area contributed by atoms with Gasteiger partial charge in [-0.1, -0.05) is 5.16 Å². The van der Waals surface area contributed by atoms with Crippen LogP contribution in [0.3, 0.4) is 0 Å². The van der Waals surface area contributed by atoms with E-state index in [1.54, 1.807) is 6.07 Å². The van der Waals surface area contributed by atoms with Crippen LogP contribution in [-0.2, 0) is 11.2 Å². The van der Waals surface area contributed by atoms with E-state index in [9.17, 15) is 14.0 Å². The number of nitrogens with zero attached hydrogens (tertiary/aromatic N) is 2. The Hall–Kier alpha value is -2.71. The molecule has 0 amide bonds. The van der Waals surface area contributed by atoms with Gasteiger partial charge in [0.1, 0.15) is 23.4 Å². The Morgan fingerprint density at radius 3 is 2.81 bits per heavy atom. The molecule has 170 valence electrons. The molecule has 1 saturated heterocycles. The first kappa shape index (κ1) is 22.5. The Morgan fingerprint density at radius 2 is 2.06 bits per heavy atom. The topological polar surface area (TPSA) is 85.8 Å². The molecule has 1 aromatic carbocycles. The first-order valence-corrected chi connectivity index (χ1v) is 10.5. The van der Waals surface area contributed by atoms with E-state index in [1.807, 2.05) is 0 Å². The van der Waals surface area contributed by atoms with Crippen molar-refractivity contribution >= 4 is 35.1 Å². The Balaban J connectivity index is 0.00000245. The number of piperidine rings is 1. The van der Waals surface area contributed by atoms with Crippen molar-refractivity contribution in [1.82, 2.24) is 10.1 Å². The Bertz CT molecular complexity index is 1150. The Kier molecular flexibility index (Phi) is 6.35. The lowest BCUT2D eigenvalue weighted by Gasteiger charge is -2.34. The summed E-state index contributed by atoms with van der Waals surface area (Å²) in [6, 6.07) is 4.54. The van der Waals surface area contributed by atoms with Crippen LogP contribution in [0.15, 0.2) is 33.4 Å². The van der Waals surface area contributed by atoms with Gasteiger partial charge >= 0.3 is 5.97 Å². The molecule has 1 aliphatic carbocycles. The van der Waals surface area contributed by atoms with Gasteiger partial charge in [0.2, 0.25) is 0 Å². The minimum atomic E-state index is -0.540. The number of methoxy groups -OCH3 is 1. The predicted molar refractivity (Wildman–Crippen MR) is 116 cm³/mol. The van der Waals surface area contributed by atoms with Gasteiger partial charge in [0.05, 0.1) is 18.4 Å². The van der Waals surface area contributed by atoms with E-state index >= 15 is 0 Å². The fourth-order valence-electron chi connectivity index (χ4n) is 4.92. The number of hydrogen-bond acceptors (Lipinski definition) is 7. The molecule has 0 radical (unpaired) electrons. The molecule has 32 heavy (non-hydrogen) atoms. The van der Waals surface area contributed by atoms with E-state index in [4.69, 9.17) is 13.7 Å². The van der Waals surface area contributed by atoms with Crippen molar-refractivity contribution in [3.8, 4) is 0 Å². The maximum absolute atomic E-state index is 13.4. The zero-order valence-corrected chi connectivity index (χ0v) is 18.5. The predicted octanol–water partition coefficient (Wildman–Crippen LogP) is 4.39. The molecular formula is C23H24ClFN2O5. The number of carbonyl (C=O) groups excluding carboxylic acids is 2. The lowest BCUT2D eigenvalue weighted by Crippen LogP contribution is -2.38. The number of carbonyl (C=O) groups is 2. The number of benzene rings is 1. The minimum Gasteiger partial charge on any atom is -0.468 e. The van der Waals surface area contributed by atoms with Crippen molar-refractivity contribution < 1.29 is 27.7 Å². The fraction of sp³-hybridized carbons (Fsp3) is 0.435. The number of ketones is 1. The molecule has 0 spiro atoms. The summed E-state index contributed by atoms with van der Waals surface area (Å²) in [5.41, 5.74) is 1.99. The highest BCUT2D eigenvalue weighted by Gasteiger charge is 2.34. The summed E-state index contributed by atoms with van der Waals surface area (Å²) in [6.45, 7) is 2.59. The van der Waals surface area contributed by atoms with Gasteiger partial charge in [0.15, 0.2) is 11.4 Å². The summed E-state index contributed by atoms with van der Waals surface area (Å²) < 4.78 is 29.0. The number of likely N-dealkylation sites (tertiary alicyclic amines) is 1. The molecule has 3 heterocycles. The number of esters is 1. The maximum Gasteiger partial charge on any atom is 0.341 e. The molecule has 2 aliphatic rings. The fourth-order valence-corrected chi connectivity index (χ4v) is 4.92. The van der Waals surface area contributed by atoms with E-state index in [-0.39, 0.29) is 41.4 Å². The average molecular weight is 463 g/mol. The van der Waals surface area contributed by atoms with Crippen LogP contribution < -0.4 is 0 Å². The van der Waals surface area contributed by atoms with Crippen LogP contribution in [0.1, 0.15) is 57.4 Å². The maximum atomic E-state index is 13.4. The molecule has 0 N–H and O–H groups in total. The van der Waals surface area contributed by atoms with Crippen molar-refractivity contribution in [2.75, 3.05) is 26.7 Å². The van der Waals surface area contributed by atoms with Gasteiger partial charge in [-0.2, -0.15) is 0 Å². The number of aromatic nitrogens is 1. The van der Waals surface area contributed by atoms with Crippen LogP contribution in [0.2, 0.25) is 0 Å². The third-order valence-corrected chi connectivity index (χ3v) is 6.45. The Labute approximate surface area is 190 Å². The van der Waals surface area contributed by atoms with E-state index < -0.39 is 5.97 Å². The highest BCUT2D eigenvalue weighted by Crippen LogP contribution is 2.35. The van der Waals surface area contributed by atoms with E-state index in [2.05, 4.69) is 10.1 Å². The molecule has 1 atom stereocenters. The van der Waals surface area contributed by atoms with Crippen molar-refractivity contribution in [3.63, 3.8) is 0 Å². The van der Waals surface area contributed by atoms with Gasteiger partial charge in [-0.3, -0.25) is 4.79 Å². The van der Waals surface area contributed by atoms with Crippen LogP contribution in [0.5, 0.6) is 0 Å². The molecular weight excluding hydrogens is 439 g/mol. The molecule has 9 heteroatoms. The summed E-state index contributed by atoms with van der Waals surface area (Å²) in [5, 5.41) is 5.08.